The molecule has 0 radical (unpaired) electrons. The molecule has 1 atom stereocenters. The predicted molar refractivity (Wildman–Crippen MR) is 73.4 cm³/mol. The van der Waals surface area contributed by atoms with Crippen LogP contribution >= 0.6 is 27.7 Å². The van der Waals surface area contributed by atoms with E-state index in [0.29, 0.717) is 0 Å². The van der Waals surface area contributed by atoms with Crippen molar-refractivity contribution in [2.75, 3.05) is 11.5 Å². The second kappa shape index (κ2) is 7.30. The van der Waals surface area contributed by atoms with Gasteiger partial charge in [-0.2, -0.15) is 11.8 Å². The minimum atomic E-state index is -0.218. The molecule has 90 valence electrons. The van der Waals surface area contributed by atoms with Gasteiger partial charge in [0.2, 0.25) is 0 Å². The molecule has 1 aromatic rings. The van der Waals surface area contributed by atoms with E-state index >= 15 is 0 Å². The predicted octanol–water partition coefficient (Wildman–Crippen LogP) is 3.60. The first-order chi connectivity index (χ1) is 7.63. The van der Waals surface area contributed by atoms with Gasteiger partial charge in [-0.1, -0.05) is 28.9 Å². The summed E-state index contributed by atoms with van der Waals surface area (Å²) in [5, 5.41) is 0. The molecule has 0 fully saturated rings. The van der Waals surface area contributed by atoms with Gasteiger partial charge in [-0.05, 0) is 36.3 Å². The third kappa shape index (κ3) is 4.85. The Morgan fingerprint density at radius 2 is 2.25 bits per heavy atom. The second-order valence-electron chi connectivity index (χ2n) is 3.77. The highest BCUT2D eigenvalue weighted by Gasteiger charge is 2.07. The molecule has 1 unspecified atom stereocenters. The first-order valence-corrected chi connectivity index (χ1v) is 7.35. The maximum atomic E-state index is 12.9. The van der Waals surface area contributed by atoms with E-state index in [9.17, 15) is 4.39 Å². The van der Waals surface area contributed by atoms with Gasteiger partial charge in [0, 0.05) is 16.3 Å². The van der Waals surface area contributed by atoms with E-state index in [0.717, 1.165) is 28.0 Å². The van der Waals surface area contributed by atoms with Crippen molar-refractivity contribution in [2.24, 2.45) is 5.73 Å². The number of nitrogens with two attached hydrogens (primary N) is 1. The summed E-state index contributed by atoms with van der Waals surface area (Å²) in [6.45, 7) is 2.16. The molecule has 0 bridgehead atoms. The Labute approximate surface area is 109 Å². The fourth-order valence-electron chi connectivity index (χ4n) is 1.41. The Balaban J connectivity index is 2.46. The van der Waals surface area contributed by atoms with Crippen LogP contribution < -0.4 is 5.73 Å². The van der Waals surface area contributed by atoms with Gasteiger partial charge in [-0.25, -0.2) is 4.39 Å². The summed E-state index contributed by atoms with van der Waals surface area (Å²) in [5.41, 5.74) is 7.09. The average Bonchev–Trinajstić information content (AvgIpc) is 2.23. The summed E-state index contributed by atoms with van der Waals surface area (Å²) in [6.07, 6.45) is 1.97. The number of rotatable bonds is 6. The van der Waals surface area contributed by atoms with Gasteiger partial charge in [0.15, 0.2) is 0 Å². The van der Waals surface area contributed by atoms with Crippen LogP contribution in [0.4, 0.5) is 4.39 Å². The van der Waals surface area contributed by atoms with E-state index in [1.807, 2.05) is 11.8 Å². The second-order valence-corrected chi connectivity index (χ2v) is 5.78. The fourth-order valence-corrected chi connectivity index (χ4v) is 2.80. The van der Waals surface area contributed by atoms with Crippen LogP contribution in [-0.2, 0) is 6.42 Å². The van der Waals surface area contributed by atoms with Gasteiger partial charge in [-0.3, -0.25) is 0 Å². The molecule has 1 rings (SSSR count). The molecule has 1 nitrogen and oxygen atoms in total. The van der Waals surface area contributed by atoms with Crippen molar-refractivity contribution in [3.05, 3.63) is 34.1 Å². The van der Waals surface area contributed by atoms with Gasteiger partial charge in [-0.15, -0.1) is 0 Å². The van der Waals surface area contributed by atoms with E-state index in [2.05, 4.69) is 22.9 Å². The largest absolute Gasteiger partial charge is 0.327 e. The molecular formula is C12H17BrFNS. The number of thioether (sulfide) groups is 1. The number of benzene rings is 1. The Morgan fingerprint density at radius 1 is 1.50 bits per heavy atom. The smallest absolute Gasteiger partial charge is 0.124 e. The van der Waals surface area contributed by atoms with Gasteiger partial charge in [0.1, 0.15) is 5.82 Å². The van der Waals surface area contributed by atoms with Crippen LogP contribution in [0.15, 0.2) is 22.7 Å². The van der Waals surface area contributed by atoms with Gasteiger partial charge >= 0.3 is 0 Å². The first-order valence-electron chi connectivity index (χ1n) is 5.40. The zero-order valence-electron chi connectivity index (χ0n) is 9.38. The van der Waals surface area contributed by atoms with Gasteiger partial charge < -0.3 is 5.73 Å². The molecule has 2 N–H and O–H groups in total. The topological polar surface area (TPSA) is 26.0 Å². The summed E-state index contributed by atoms with van der Waals surface area (Å²) in [4.78, 5) is 0. The molecule has 0 aliphatic carbocycles. The quantitative estimate of drug-likeness (QED) is 0.813. The highest BCUT2D eigenvalue weighted by Crippen LogP contribution is 2.20. The molecule has 16 heavy (non-hydrogen) atoms. The van der Waals surface area contributed by atoms with Crippen LogP contribution in [0.3, 0.4) is 0 Å². The van der Waals surface area contributed by atoms with Crippen LogP contribution in [0, 0.1) is 5.82 Å². The lowest BCUT2D eigenvalue weighted by molar-refractivity contribution is 0.625. The lowest BCUT2D eigenvalue weighted by Crippen LogP contribution is -2.25. The summed E-state index contributed by atoms with van der Waals surface area (Å²) < 4.78 is 13.7. The molecule has 0 spiro atoms. The van der Waals surface area contributed by atoms with E-state index in [4.69, 9.17) is 5.73 Å². The highest BCUT2D eigenvalue weighted by atomic mass is 79.9. The van der Waals surface area contributed by atoms with Crippen molar-refractivity contribution >= 4 is 27.7 Å². The van der Waals surface area contributed by atoms with Crippen LogP contribution in [0.1, 0.15) is 18.9 Å². The average molecular weight is 306 g/mol. The molecular weight excluding hydrogens is 289 g/mol. The Bertz CT molecular complexity index is 333. The molecule has 0 saturated carbocycles. The monoisotopic (exact) mass is 305 g/mol. The van der Waals surface area contributed by atoms with Crippen molar-refractivity contribution in [2.45, 2.75) is 25.8 Å². The highest BCUT2D eigenvalue weighted by molar-refractivity contribution is 9.10. The van der Waals surface area contributed by atoms with Crippen LogP contribution in [0.5, 0.6) is 0 Å². The molecule has 0 aromatic heterocycles. The molecule has 4 heteroatoms. The number of halogens is 2. The Morgan fingerprint density at radius 3 is 2.88 bits per heavy atom. The van der Waals surface area contributed by atoms with E-state index in [1.54, 1.807) is 6.07 Å². The Kier molecular flexibility index (Phi) is 6.39. The number of hydrogen-bond acceptors (Lipinski definition) is 2. The third-order valence-corrected chi connectivity index (χ3v) is 4.28. The Hall–Kier alpha value is -0.0600. The molecule has 1 aromatic carbocycles. The first kappa shape index (κ1) is 14.0. The maximum Gasteiger partial charge on any atom is 0.124 e. The molecule has 0 aliphatic rings. The third-order valence-electron chi connectivity index (χ3n) is 2.18. The standard InChI is InChI=1S/C12H17BrFNS/c1-2-5-16-8-11(15)6-9-3-4-10(14)7-12(9)13/h3-4,7,11H,2,5-6,8,15H2,1H3. The van der Waals surface area contributed by atoms with Gasteiger partial charge in [0.25, 0.3) is 0 Å². The summed E-state index contributed by atoms with van der Waals surface area (Å²) in [5.74, 6) is 1.89. The lowest BCUT2D eigenvalue weighted by atomic mass is 10.1. The molecule has 0 amide bonds. The van der Waals surface area contributed by atoms with Crippen molar-refractivity contribution in [3.8, 4) is 0 Å². The van der Waals surface area contributed by atoms with Crippen LogP contribution in [0.25, 0.3) is 0 Å². The van der Waals surface area contributed by atoms with Crippen LogP contribution in [0.2, 0.25) is 0 Å². The van der Waals surface area contributed by atoms with E-state index < -0.39 is 0 Å². The SMILES string of the molecule is CCCSCC(N)Cc1ccc(F)cc1Br. The summed E-state index contributed by atoms with van der Waals surface area (Å²) in [7, 11) is 0. The lowest BCUT2D eigenvalue weighted by Gasteiger charge is -2.12. The van der Waals surface area contributed by atoms with Crippen molar-refractivity contribution in [1.82, 2.24) is 0 Å². The zero-order valence-corrected chi connectivity index (χ0v) is 11.8. The van der Waals surface area contributed by atoms with Crippen LogP contribution in [-0.4, -0.2) is 17.5 Å². The van der Waals surface area contributed by atoms with Crippen molar-refractivity contribution in [3.63, 3.8) is 0 Å². The fraction of sp³-hybridized carbons (Fsp3) is 0.500. The van der Waals surface area contributed by atoms with E-state index in [-0.39, 0.29) is 11.9 Å². The minimum absolute atomic E-state index is 0.137. The zero-order chi connectivity index (χ0) is 12.0. The van der Waals surface area contributed by atoms with Crippen molar-refractivity contribution in [1.29, 1.82) is 0 Å². The van der Waals surface area contributed by atoms with Gasteiger partial charge in [0.05, 0.1) is 0 Å². The maximum absolute atomic E-state index is 12.9. The molecule has 0 heterocycles. The summed E-state index contributed by atoms with van der Waals surface area (Å²) in [6, 6.07) is 4.90. The van der Waals surface area contributed by atoms with E-state index in [1.165, 1.54) is 18.6 Å². The minimum Gasteiger partial charge on any atom is -0.327 e. The normalized spacial score (nSPS) is 12.8. The molecule has 0 saturated heterocycles. The summed E-state index contributed by atoms with van der Waals surface area (Å²) >= 11 is 5.23. The number of hydrogen-bond donors (Lipinski definition) is 1. The van der Waals surface area contributed by atoms with Crippen molar-refractivity contribution < 1.29 is 4.39 Å². The molecule has 0 aliphatic heterocycles.